The van der Waals surface area contributed by atoms with Crippen molar-refractivity contribution in [3.05, 3.63) is 59.7 Å². The van der Waals surface area contributed by atoms with Crippen LogP contribution in [0, 0.1) is 11.3 Å². The van der Waals surface area contributed by atoms with Crippen molar-refractivity contribution in [3.63, 3.8) is 0 Å². The van der Waals surface area contributed by atoms with E-state index < -0.39 is 16.1 Å². The second-order valence-corrected chi connectivity index (χ2v) is 9.53. The number of sulfonamides is 1. The van der Waals surface area contributed by atoms with Crippen molar-refractivity contribution in [1.29, 1.82) is 5.26 Å². The molecule has 2 amide bonds. The van der Waals surface area contributed by atoms with Crippen molar-refractivity contribution in [2.24, 2.45) is 0 Å². The zero-order valence-corrected chi connectivity index (χ0v) is 18.4. The SMILES string of the molecule is CON(C)S(=O)(=O)c1ccc(C(=O)N2CSCC2C(=O)Nc2ccc(C#N)cc2)cc1. The molecule has 0 spiro atoms. The molecule has 0 radical (unpaired) electrons. The molecular formula is C20H20N4O5S2. The Hall–Kier alpha value is -2.91. The molecule has 9 nitrogen and oxygen atoms in total. The van der Waals surface area contributed by atoms with Gasteiger partial charge in [-0.3, -0.25) is 14.4 Å². The third kappa shape index (κ3) is 4.88. The number of anilines is 1. The van der Waals surface area contributed by atoms with Crippen LogP contribution in [-0.4, -0.2) is 61.4 Å². The van der Waals surface area contributed by atoms with Crippen LogP contribution >= 0.6 is 11.8 Å². The van der Waals surface area contributed by atoms with Crippen LogP contribution < -0.4 is 5.32 Å². The summed E-state index contributed by atoms with van der Waals surface area (Å²) in [6.45, 7) is 0. The summed E-state index contributed by atoms with van der Waals surface area (Å²) in [5, 5.41) is 11.6. The van der Waals surface area contributed by atoms with Gasteiger partial charge in [0.15, 0.2) is 0 Å². The first kappa shape index (κ1) is 22.8. The normalized spacial score (nSPS) is 16.2. The van der Waals surface area contributed by atoms with E-state index in [1.165, 1.54) is 55.1 Å². The van der Waals surface area contributed by atoms with Gasteiger partial charge in [0.05, 0.1) is 29.5 Å². The van der Waals surface area contributed by atoms with E-state index in [0.29, 0.717) is 22.9 Å². The van der Waals surface area contributed by atoms with Gasteiger partial charge < -0.3 is 10.2 Å². The minimum Gasteiger partial charge on any atom is -0.324 e. The minimum atomic E-state index is -3.82. The zero-order valence-electron chi connectivity index (χ0n) is 16.8. The van der Waals surface area contributed by atoms with Gasteiger partial charge in [-0.15, -0.1) is 11.8 Å². The fourth-order valence-electron chi connectivity index (χ4n) is 2.90. The molecule has 1 heterocycles. The molecule has 0 saturated carbocycles. The minimum absolute atomic E-state index is 0.0145. The van der Waals surface area contributed by atoms with Gasteiger partial charge in [0.25, 0.3) is 15.9 Å². The van der Waals surface area contributed by atoms with Gasteiger partial charge in [-0.1, -0.05) is 4.47 Å². The Balaban J connectivity index is 1.73. The number of amides is 2. The number of thioether (sulfide) groups is 1. The number of nitrogens with zero attached hydrogens (tertiary/aromatic N) is 3. The topological polar surface area (TPSA) is 120 Å². The monoisotopic (exact) mass is 460 g/mol. The molecule has 0 aromatic heterocycles. The Bertz CT molecular complexity index is 1110. The van der Waals surface area contributed by atoms with Gasteiger partial charge in [-0.2, -0.15) is 5.26 Å². The van der Waals surface area contributed by atoms with Crippen molar-refractivity contribution in [2.45, 2.75) is 10.9 Å². The molecule has 2 aromatic carbocycles. The molecule has 1 saturated heterocycles. The van der Waals surface area contributed by atoms with Crippen LogP contribution in [0.2, 0.25) is 0 Å². The second kappa shape index (κ2) is 9.49. The van der Waals surface area contributed by atoms with Gasteiger partial charge in [0.1, 0.15) is 6.04 Å². The summed E-state index contributed by atoms with van der Waals surface area (Å²) >= 11 is 1.45. The van der Waals surface area contributed by atoms with Gasteiger partial charge in [-0.25, -0.2) is 8.42 Å². The van der Waals surface area contributed by atoms with E-state index in [-0.39, 0.29) is 22.3 Å². The first-order chi connectivity index (χ1) is 14.8. The maximum absolute atomic E-state index is 13.0. The van der Waals surface area contributed by atoms with E-state index >= 15 is 0 Å². The van der Waals surface area contributed by atoms with Crippen LogP contribution in [0.5, 0.6) is 0 Å². The van der Waals surface area contributed by atoms with Crippen LogP contribution in [-0.2, 0) is 19.7 Å². The fraction of sp³-hybridized carbons (Fsp3) is 0.250. The average molecular weight is 461 g/mol. The molecule has 0 bridgehead atoms. The highest BCUT2D eigenvalue weighted by molar-refractivity contribution is 7.99. The highest BCUT2D eigenvalue weighted by Crippen LogP contribution is 2.25. The summed E-state index contributed by atoms with van der Waals surface area (Å²) in [4.78, 5) is 31.9. The smallest absolute Gasteiger partial charge is 0.264 e. The summed E-state index contributed by atoms with van der Waals surface area (Å²) in [5.41, 5.74) is 1.29. The number of carbonyl (C=O) groups excluding carboxylic acids is 2. The molecule has 3 rings (SSSR count). The van der Waals surface area contributed by atoms with Gasteiger partial charge in [0, 0.05) is 24.1 Å². The highest BCUT2D eigenvalue weighted by atomic mass is 32.2. The number of nitriles is 1. The quantitative estimate of drug-likeness (QED) is 0.654. The predicted octanol–water partition coefficient (Wildman–Crippen LogP) is 1.89. The van der Waals surface area contributed by atoms with E-state index in [2.05, 4.69) is 5.32 Å². The Kier molecular flexibility index (Phi) is 6.97. The number of benzene rings is 2. The summed E-state index contributed by atoms with van der Waals surface area (Å²) in [6.07, 6.45) is 0. The lowest BCUT2D eigenvalue weighted by Crippen LogP contribution is -2.44. The number of hydrogen-bond donors (Lipinski definition) is 1. The van der Waals surface area contributed by atoms with Crippen molar-refractivity contribution < 1.29 is 22.8 Å². The first-order valence-corrected chi connectivity index (χ1v) is 11.7. The molecule has 1 fully saturated rings. The van der Waals surface area contributed by atoms with Crippen LogP contribution in [0.4, 0.5) is 5.69 Å². The Morgan fingerprint density at radius 2 is 1.84 bits per heavy atom. The molecule has 1 N–H and O–H groups in total. The Labute approximate surface area is 184 Å². The Morgan fingerprint density at radius 3 is 2.42 bits per heavy atom. The highest BCUT2D eigenvalue weighted by Gasteiger charge is 2.35. The molecule has 162 valence electrons. The molecule has 1 aliphatic heterocycles. The van der Waals surface area contributed by atoms with E-state index in [0.717, 1.165) is 4.47 Å². The van der Waals surface area contributed by atoms with E-state index in [9.17, 15) is 18.0 Å². The van der Waals surface area contributed by atoms with Crippen LogP contribution in [0.3, 0.4) is 0 Å². The molecular weight excluding hydrogens is 440 g/mol. The van der Waals surface area contributed by atoms with Crippen molar-refractivity contribution in [1.82, 2.24) is 9.37 Å². The van der Waals surface area contributed by atoms with Gasteiger partial charge in [0.2, 0.25) is 5.91 Å². The first-order valence-electron chi connectivity index (χ1n) is 9.10. The van der Waals surface area contributed by atoms with Crippen LogP contribution in [0.15, 0.2) is 53.4 Å². The summed E-state index contributed by atoms with van der Waals surface area (Å²) in [5.74, 6) is 0.0911. The second-order valence-electron chi connectivity index (χ2n) is 6.59. The van der Waals surface area contributed by atoms with Crippen LogP contribution in [0.25, 0.3) is 0 Å². The van der Waals surface area contributed by atoms with Crippen molar-refractivity contribution in [2.75, 3.05) is 31.1 Å². The van der Waals surface area contributed by atoms with Gasteiger partial charge >= 0.3 is 0 Å². The number of rotatable bonds is 6. The maximum atomic E-state index is 13.0. The lowest BCUT2D eigenvalue weighted by atomic mass is 10.1. The zero-order chi connectivity index (χ0) is 22.6. The number of hydroxylamine groups is 1. The summed E-state index contributed by atoms with van der Waals surface area (Å²) in [7, 11) is -1.31. The number of hydrogen-bond acceptors (Lipinski definition) is 7. The number of nitrogens with one attached hydrogen (secondary N) is 1. The fourth-order valence-corrected chi connectivity index (χ4v) is 5.02. The molecule has 11 heteroatoms. The molecule has 1 atom stereocenters. The van der Waals surface area contributed by atoms with Gasteiger partial charge in [-0.05, 0) is 48.5 Å². The van der Waals surface area contributed by atoms with E-state index in [4.69, 9.17) is 10.1 Å². The lowest BCUT2D eigenvalue weighted by Gasteiger charge is -2.23. The molecule has 1 aliphatic rings. The standard InChI is InChI=1S/C20H20N4O5S2/c1-23(29-2)31(27,28)17-9-5-15(6-10-17)20(26)24-13-30-12-18(24)19(25)22-16-7-3-14(11-21)4-8-16/h3-10,18H,12-13H2,1-2H3,(H,22,25). The summed E-state index contributed by atoms with van der Waals surface area (Å²) in [6, 6.07) is 13.3. The van der Waals surface area contributed by atoms with E-state index in [1.807, 2.05) is 6.07 Å². The predicted molar refractivity (Wildman–Crippen MR) is 115 cm³/mol. The van der Waals surface area contributed by atoms with Crippen molar-refractivity contribution >= 4 is 39.3 Å². The largest absolute Gasteiger partial charge is 0.324 e. The molecule has 31 heavy (non-hydrogen) atoms. The van der Waals surface area contributed by atoms with E-state index in [1.54, 1.807) is 24.3 Å². The summed E-state index contributed by atoms with van der Waals surface area (Å²) < 4.78 is 25.3. The Morgan fingerprint density at radius 1 is 1.19 bits per heavy atom. The maximum Gasteiger partial charge on any atom is 0.264 e. The average Bonchev–Trinajstić information content (AvgIpc) is 3.28. The lowest BCUT2D eigenvalue weighted by molar-refractivity contribution is -0.119. The van der Waals surface area contributed by atoms with Crippen molar-refractivity contribution in [3.8, 4) is 6.07 Å². The molecule has 1 unspecified atom stereocenters. The number of carbonyl (C=O) groups is 2. The third-order valence-corrected chi connectivity index (χ3v) is 7.43. The van der Waals surface area contributed by atoms with Crippen LogP contribution in [0.1, 0.15) is 15.9 Å². The molecule has 2 aromatic rings. The third-order valence-electron chi connectivity index (χ3n) is 4.72. The molecule has 0 aliphatic carbocycles.